The lowest BCUT2D eigenvalue weighted by atomic mass is 9.97. The Morgan fingerprint density at radius 2 is 1.76 bits per heavy atom. The molecule has 25 heavy (non-hydrogen) atoms. The highest BCUT2D eigenvalue weighted by Crippen LogP contribution is 2.19. The molecule has 1 aliphatic heterocycles. The quantitative estimate of drug-likeness (QED) is 0.519. The van der Waals surface area contributed by atoms with E-state index in [0.29, 0.717) is 18.9 Å². The van der Waals surface area contributed by atoms with Crippen molar-refractivity contribution in [1.82, 2.24) is 10.6 Å². The van der Waals surface area contributed by atoms with Crippen LogP contribution in [-0.2, 0) is 34.1 Å². The Labute approximate surface area is 149 Å². The maximum atomic E-state index is 12.4. The van der Waals surface area contributed by atoms with E-state index in [4.69, 9.17) is 9.29 Å². The van der Waals surface area contributed by atoms with E-state index in [9.17, 15) is 18.6 Å². The van der Waals surface area contributed by atoms with Crippen LogP contribution < -0.4 is 10.6 Å². The maximum Gasteiger partial charge on any atom is 0.337 e. The van der Waals surface area contributed by atoms with Crippen LogP contribution in [0.25, 0.3) is 0 Å². The number of rotatable bonds is 9. The summed E-state index contributed by atoms with van der Waals surface area (Å²) in [5.74, 6) is -2.42. The van der Waals surface area contributed by atoms with Gasteiger partial charge in [-0.15, -0.1) is 0 Å². The van der Waals surface area contributed by atoms with Crippen LogP contribution in [0.5, 0.6) is 0 Å². The molecule has 2 unspecified atom stereocenters. The summed E-state index contributed by atoms with van der Waals surface area (Å²) in [4.78, 5) is 35.8. The molecule has 0 aliphatic carbocycles. The number of hydrogen-bond acceptors (Lipinski definition) is 6. The first-order valence-corrected chi connectivity index (χ1v) is 9.24. The molecule has 0 aromatic heterocycles. The first-order chi connectivity index (χ1) is 11.7. The number of carboxylic acid groups (broad SMARTS) is 1. The highest BCUT2D eigenvalue weighted by molar-refractivity contribution is 7.75. The van der Waals surface area contributed by atoms with Gasteiger partial charge < -0.3 is 15.7 Å². The van der Waals surface area contributed by atoms with Crippen molar-refractivity contribution in [2.45, 2.75) is 58.8 Å². The fraction of sp³-hybridized carbons (Fsp3) is 0.800. The van der Waals surface area contributed by atoms with Gasteiger partial charge >= 0.3 is 17.3 Å². The minimum absolute atomic E-state index is 0.181. The maximum absolute atomic E-state index is 12.4. The van der Waals surface area contributed by atoms with Gasteiger partial charge in [0.15, 0.2) is 6.10 Å². The normalized spacial score (nSPS) is 25.4. The fourth-order valence-corrected chi connectivity index (χ4v) is 2.93. The number of carbonyl (C=O) groups is 3. The molecule has 144 valence electrons. The third kappa shape index (κ3) is 6.37. The van der Waals surface area contributed by atoms with Crippen LogP contribution in [-0.4, -0.2) is 51.9 Å². The Bertz CT molecular complexity index is 526. The van der Waals surface area contributed by atoms with E-state index in [0.717, 1.165) is 6.42 Å². The second-order valence-electron chi connectivity index (χ2n) is 6.42. The van der Waals surface area contributed by atoms with E-state index in [1.165, 1.54) is 0 Å². The number of aliphatic carboxylic acids is 1. The first-order valence-electron chi connectivity index (χ1n) is 8.24. The lowest BCUT2D eigenvalue weighted by molar-refractivity contribution is -0.150. The Morgan fingerprint density at radius 1 is 1.16 bits per heavy atom. The molecule has 0 aromatic rings. The molecular formula is C15H26N2O7S. The molecule has 9 nitrogen and oxygen atoms in total. The smallest absolute Gasteiger partial charge is 0.337 e. The molecule has 10 heteroatoms. The Morgan fingerprint density at radius 3 is 2.28 bits per heavy atom. The zero-order valence-electron chi connectivity index (χ0n) is 14.8. The first kappa shape index (κ1) is 21.5. The van der Waals surface area contributed by atoms with Gasteiger partial charge in [0.05, 0.1) is 0 Å². The van der Waals surface area contributed by atoms with Crippen molar-refractivity contribution in [3.8, 4) is 0 Å². The summed E-state index contributed by atoms with van der Waals surface area (Å²) in [5.41, 5.74) is 0. The summed E-state index contributed by atoms with van der Waals surface area (Å²) >= 11 is -2.31. The van der Waals surface area contributed by atoms with Crippen LogP contribution in [0.15, 0.2) is 0 Å². The molecule has 1 aliphatic rings. The van der Waals surface area contributed by atoms with E-state index in [1.807, 2.05) is 20.8 Å². The van der Waals surface area contributed by atoms with Gasteiger partial charge in [0.25, 0.3) is 5.91 Å². The second kappa shape index (κ2) is 9.83. The van der Waals surface area contributed by atoms with Crippen LogP contribution in [0.4, 0.5) is 0 Å². The third-order valence-corrected chi connectivity index (χ3v) is 4.68. The molecule has 1 saturated heterocycles. The van der Waals surface area contributed by atoms with Crippen molar-refractivity contribution in [3.05, 3.63) is 0 Å². The van der Waals surface area contributed by atoms with Crippen LogP contribution in [0, 0.1) is 11.8 Å². The topological polar surface area (TPSA) is 131 Å². The van der Waals surface area contributed by atoms with Gasteiger partial charge in [0.1, 0.15) is 6.04 Å². The average Bonchev–Trinajstić information content (AvgIpc) is 2.93. The molecular weight excluding hydrogens is 352 g/mol. The monoisotopic (exact) mass is 378 g/mol. The van der Waals surface area contributed by atoms with Gasteiger partial charge in [-0.3, -0.25) is 13.8 Å². The number of carbonyl (C=O) groups excluding carboxylic acids is 2. The summed E-state index contributed by atoms with van der Waals surface area (Å²) < 4.78 is 20.5. The van der Waals surface area contributed by atoms with Crippen LogP contribution in [0.2, 0.25) is 0 Å². The summed E-state index contributed by atoms with van der Waals surface area (Å²) in [5, 5.41) is 14.3. The molecule has 2 amide bonds. The molecule has 1 rings (SSSR count). The van der Waals surface area contributed by atoms with E-state index in [-0.39, 0.29) is 11.8 Å². The highest BCUT2D eigenvalue weighted by Gasteiger charge is 2.46. The molecule has 1 fully saturated rings. The molecule has 0 bridgehead atoms. The number of nitrogens with one attached hydrogen (secondary N) is 2. The summed E-state index contributed by atoms with van der Waals surface area (Å²) in [6, 6.07) is -0.850. The van der Waals surface area contributed by atoms with Gasteiger partial charge in [-0.2, -0.15) is 4.21 Å². The molecule has 1 heterocycles. The van der Waals surface area contributed by atoms with Crippen molar-refractivity contribution < 1.29 is 32.1 Å². The number of hydrogen-bond donors (Lipinski definition) is 3. The van der Waals surface area contributed by atoms with Crippen molar-refractivity contribution in [2.75, 3.05) is 6.54 Å². The summed E-state index contributed by atoms with van der Waals surface area (Å²) in [7, 11) is 0. The SMILES string of the molecule is CCC(C)[C@H](NC(=O)[C@H]1OS(=O)O[C@@H]1C(=O)O)C(=O)NCCC(C)C. The van der Waals surface area contributed by atoms with Gasteiger partial charge in [-0.25, -0.2) is 8.98 Å². The van der Waals surface area contributed by atoms with Crippen LogP contribution in [0.3, 0.4) is 0 Å². The second-order valence-corrected chi connectivity index (χ2v) is 7.21. The Hall–Kier alpha value is -1.52. The Balaban J connectivity index is 2.76. The van der Waals surface area contributed by atoms with Gasteiger partial charge in [-0.05, 0) is 18.3 Å². The van der Waals surface area contributed by atoms with Gasteiger partial charge in [0.2, 0.25) is 12.0 Å². The Kier molecular flexibility index (Phi) is 8.46. The number of amides is 2. The minimum atomic E-state index is -2.31. The molecule has 0 saturated carbocycles. The largest absolute Gasteiger partial charge is 0.479 e. The van der Waals surface area contributed by atoms with Gasteiger partial charge in [0, 0.05) is 6.54 Å². The third-order valence-electron chi connectivity index (χ3n) is 3.96. The fourth-order valence-electron chi connectivity index (χ4n) is 2.18. The molecule has 0 spiro atoms. The standard InChI is InChI=1S/C15H26N2O7S/c1-5-9(4)10(13(18)16-7-6-8(2)3)17-14(19)11-12(15(20)21)24-25(22)23-11/h8-12H,5-7H2,1-4H3,(H,16,18)(H,17,19)(H,20,21)/t9?,10-,11-,12-,25?/m0/s1. The summed E-state index contributed by atoms with van der Waals surface area (Å²) in [6.45, 7) is 8.21. The predicted molar refractivity (Wildman–Crippen MR) is 89.4 cm³/mol. The highest BCUT2D eigenvalue weighted by atomic mass is 32.2. The zero-order valence-corrected chi connectivity index (χ0v) is 15.6. The number of carboxylic acids is 1. The van der Waals surface area contributed by atoms with E-state index in [2.05, 4.69) is 14.8 Å². The molecule has 5 atom stereocenters. The zero-order chi connectivity index (χ0) is 19.1. The minimum Gasteiger partial charge on any atom is -0.479 e. The van der Waals surface area contributed by atoms with E-state index >= 15 is 0 Å². The van der Waals surface area contributed by atoms with E-state index < -0.39 is 41.5 Å². The average molecular weight is 378 g/mol. The van der Waals surface area contributed by atoms with Crippen LogP contribution >= 0.6 is 0 Å². The predicted octanol–water partition coefficient (Wildman–Crippen LogP) is 0.127. The van der Waals surface area contributed by atoms with Crippen molar-refractivity contribution in [3.63, 3.8) is 0 Å². The molecule has 0 radical (unpaired) electrons. The summed E-state index contributed by atoms with van der Waals surface area (Å²) in [6.07, 6.45) is -1.83. The molecule has 3 N–H and O–H groups in total. The lowest BCUT2D eigenvalue weighted by Crippen LogP contribution is -2.54. The van der Waals surface area contributed by atoms with Crippen molar-refractivity contribution in [1.29, 1.82) is 0 Å². The van der Waals surface area contributed by atoms with Crippen molar-refractivity contribution in [2.24, 2.45) is 11.8 Å². The lowest BCUT2D eigenvalue weighted by Gasteiger charge is -2.25. The molecule has 0 aromatic carbocycles. The van der Waals surface area contributed by atoms with Gasteiger partial charge in [-0.1, -0.05) is 34.1 Å². The van der Waals surface area contributed by atoms with Crippen LogP contribution in [0.1, 0.15) is 40.5 Å². The van der Waals surface area contributed by atoms with E-state index in [1.54, 1.807) is 6.92 Å². The van der Waals surface area contributed by atoms with Crippen molar-refractivity contribution >= 4 is 29.1 Å².